The first kappa shape index (κ1) is 23.3. The van der Waals surface area contributed by atoms with Crippen LogP contribution in [0.15, 0.2) is 39.3 Å². The van der Waals surface area contributed by atoms with E-state index in [1.807, 2.05) is 6.07 Å². The Labute approximate surface area is 207 Å². The fraction of sp³-hybridized carbons (Fsp3) is 0.724. The number of rotatable bonds is 2. The predicted octanol–water partition coefficient (Wildman–Crippen LogP) is 5.26. The predicted molar refractivity (Wildman–Crippen MR) is 132 cm³/mol. The number of ether oxygens (including phenoxy) is 1. The number of likely N-dealkylation sites (tertiary alicyclic amines) is 1. The number of carbonyl (C=O) groups excluding carboxylic acids is 1. The summed E-state index contributed by atoms with van der Waals surface area (Å²) in [7, 11) is 0. The molecule has 2 heterocycles. The molecule has 4 fully saturated rings. The highest BCUT2D eigenvalue weighted by atomic mass is 16.6. The Morgan fingerprint density at radius 2 is 2.00 bits per heavy atom. The summed E-state index contributed by atoms with van der Waals surface area (Å²) in [6.07, 6.45) is 13.1. The fourth-order valence-electron chi connectivity index (χ4n) is 8.85. The third-order valence-corrected chi connectivity index (χ3v) is 10.8. The molecule has 3 saturated carbocycles. The van der Waals surface area contributed by atoms with Crippen molar-refractivity contribution >= 4 is 6.09 Å². The maximum absolute atomic E-state index is 12.6. The smallest absolute Gasteiger partial charge is 0.410 e. The van der Waals surface area contributed by atoms with Crippen LogP contribution < -0.4 is 5.63 Å². The lowest BCUT2D eigenvalue weighted by Gasteiger charge is -2.59. The molecule has 0 aromatic carbocycles. The Morgan fingerprint density at radius 1 is 1.14 bits per heavy atom. The van der Waals surface area contributed by atoms with Crippen molar-refractivity contribution < 1.29 is 19.1 Å². The molecule has 1 aromatic rings. The van der Waals surface area contributed by atoms with Crippen LogP contribution >= 0.6 is 0 Å². The van der Waals surface area contributed by atoms with Crippen molar-refractivity contribution in [2.45, 2.75) is 89.8 Å². The van der Waals surface area contributed by atoms with E-state index in [-0.39, 0.29) is 23.2 Å². The van der Waals surface area contributed by atoms with Gasteiger partial charge in [-0.25, -0.2) is 9.59 Å². The van der Waals surface area contributed by atoms with Crippen LogP contribution in [0, 0.1) is 28.6 Å². The average Bonchev–Trinajstić information content (AvgIpc) is 3.43. The molecule has 1 N–H and O–H groups in total. The van der Waals surface area contributed by atoms with Gasteiger partial charge >= 0.3 is 11.7 Å². The van der Waals surface area contributed by atoms with Crippen LogP contribution in [-0.4, -0.2) is 41.4 Å². The molecule has 5 aliphatic rings. The molecular formula is C29H39NO5. The number of hydrogen-bond donors (Lipinski definition) is 1. The van der Waals surface area contributed by atoms with Gasteiger partial charge in [-0.3, -0.25) is 0 Å². The van der Waals surface area contributed by atoms with Gasteiger partial charge in [0.15, 0.2) is 0 Å². The molecule has 35 heavy (non-hydrogen) atoms. The van der Waals surface area contributed by atoms with Crippen molar-refractivity contribution in [2.24, 2.45) is 28.6 Å². The Morgan fingerprint density at radius 3 is 2.74 bits per heavy atom. The van der Waals surface area contributed by atoms with Crippen molar-refractivity contribution in [3.63, 3.8) is 0 Å². The molecule has 6 rings (SSSR count). The minimum absolute atomic E-state index is 0.00605. The Balaban J connectivity index is 1.15. The minimum atomic E-state index is -0.408. The second-order valence-corrected chi connectivity index (χ2v) is 12.5. The first-order chi connectivity index (χ1) is 16.8. The molecule has 0 spiro atoms. The summed E-state index contributed by atoms with van der Waals surface area (Å²) in [5.41, 5.74) is 2.99. The number of aliphatic hydroxyl groups is 1. The van der Waals surface area contributed by atoms with Crippen LogP contribution in [0.2, 0.25) is 0 Å². The van der Waals surface area contributed by atoms with Gasteiger partial charge in [0.25, 0.3) is 0 Å². The first-order valence-electron chi connectivity index (χ1n) is 13.7. The molecule has 1 unspecified atom stereocenters. The Kier molecular flexibility index (Phi) is 5.66. The molecule has 6 nitrogen and oxygen atoms in total. The zero-order chi connectivity index (χ0) is 24.4. The van der Waals surface area contributed by atoms with Crippen molar-refractivity contribution in [1.82, 2.24) is 4.90 Å². The molecule has 0 bridgehead atoms. The van der Waals surface area contributed by atoms with Gasteiger partial charge in [0.2, 0.25) is 0 Å². The quantitative estimate of drug-likeness (QED) is 0.583. The van der Waals surface area contributed by atoms with Gasteiger partial charge < -0.3 is 19.2 Å². The lowest BCUT2D eigenvalue weighted by molar-refractivity contribution is -0.0868. The first-order valence-corrected chi connectivity index (χ1v) is 13.7. The summed E-state index contributed by atoms with van der Waals surface area (Å²) in [6.45, 7) is 5.96. The molecule has 1 aromatic heterocycles. The van der Waals surface area contributed by atoms with Gasteiger partial charge in [0.05, 0.1) is 12.4 Å². The minimum Gasteiger partial charge on any atom is -0.446 e. The topological polar surface area (TPSA) is 80.0 Å². The van der Waals surface area contributed by atoms with E-state index in [2.05, 4.69) is 19.9 Å². The molecule has 4 aliphatic carbocycles. The standard InChI is InChI=1S/C29H39NO5/c1-28-12-9-21(35-27(33)30-14-11-20(31)16-30)15-19(28)4-5-22-24-7-6-23(18-3-8-26(32)34-17-18)29(24,2)13-10-25(22)28/h3,7-8,17,19-23,25,31H,4-6,9-16H2,1-2H3/t19-,20-,21?,22+,23-,25+,28+,29-/m1/s1. The third-order valence-electron chi connectivity index (χ3n) is 10.8. The normalized spacial score (nSPS) is 42.6. The molecule has 1 aliphatic heterocycles. The third kappa shape index (κ3) is 3.78. The van der Waals surface area contributed by atoms with Gasteiger partial charge in [0.1, 0.15) is 6.10 Å². The van der Waals surface area contributed by atoms with Crippen molar-refractivity contribution in [1.29, 1.82) is 0 Å². The van der Waals surface area contributed by atoms with E-state index >= 15 is 0 Å². The van der Waals surface area contributed by atoms with Crippen LogP contribution in [0.1, 0.15) is 83.1 Å². The second kappa shape index (κ2) is 8.50. The van der Waals surface area contributed by atoms with E-state index in [0.29, 0.717) is 48.6 Å². The van der Waals surface area contributed by atoms with E-state index in [1.165, 1.54) is 25.7 Å². The number of amides is 1. The number of nitrogens with zero attached hydrogens (tertiary/aromatic N) is 1. The monoisotopic (exact) mass is 481 g/mol. The van der Waals surface area contributed by atoms with Gasteiger partial charge in [-0.1, -0.05) is 25.5 Å². The summed E-state index contributed by atoms with van der Waals surface area (Å²) in [6, 6.07) is 3.53. The van der Waals surface area contributed by atoms with E-state index < -0.39 is 6.10 Å². The molecule has 1 saturated heterocycles. The summed E-state index contributed by atoms with van der Waals surface area (Å²) in [4.78, 5) is 25.8. The van der Waals surface area contributed by atoms with Crippen LogP contribution in [0.3, 0.4) is 0 Å². The number of carbonyl (C=O) groups is 1. The van der Waals surface area contributed by atoms with Gasteiger partial charge in [0, 0.05) is 19.2 Å². The molecule has 190 valence electrons. The largest absolute Gasteiger partial charge is 0.446 e. The highest BCUT2D eigenvalue weighted by molar-refractivity contribution is 5.68. The highest BCUT2D eigenvalue weighted by Crippen LogP contribution is 2.67. The molecule has 1 amide bonds. The van der Waals surface area contributed by atoms with Gasteiger partial charge in [-0.15, -0.1) is 0 Å². The van der Waals surface area contributed by atoms with E-state index in [9.17, 15) is 14.7 Å². The fourth-order valence-corrected chi connectivity index (χ4v) is 8.85. The van der Waals surface area contributed by atoms with E-state index in [1.54, 1.807) is 22.8 Å². The average molecular weight is 482 g/mol. The number of allylic oxidation sites excluding steroid dienone is 2. The lowest BCUT2D eigenvalue weighted by atomic mass is 9.46. The van der Waals surface area contributed by atoms with Crippen molar-refractivity contribution in [3.8, 4) is 0 Å². The second-order valence-electron chi connectivity index (χ2n) is 12.5. The van der Waals surface area contributed by atoms with Gasteiger partial charge in [-0.05, 0) is 104 Å². The summed E-state index contributed by atoms with van der Waals surface area (Å²) in [5.74, 6) is 2.33. The summed E-state index contributed by atoms with van der Waals surface area (Å²) < 4.78 is 11.2. The molecule has 8 atom stereocenters. The maximum atomic E-state index is 12.6. The van der Waals surface area contributed by atoms with Crippen LogP contribution in [0.25, 0.3) is 0 Å². The highest BCUT2D eigenvalue weighted by Gasteiger charge is 2.58. The SMILES string of the molecule is C[C@]12CCC(OC(=O)N3CC[C@@H](O)C3)C[C@H]1CC[C@H]1C3=CC[C@H](c4ccc(=O)oc4)[C@@]3(C)CC[C@@H]12. The van der Waals surface area contributed by atoms with E-state index in [4.69, 9.17) is 9.15 Å². The van der Waals surface area contributed by atoms with Crippen LogP contribution in [-0.2, 0) is 4.74 Å². The number of hydrogen-bond acceptors (Lipinski definition) is 5. The van der Waals surface area contributed by atoms with Gasteiger partial charge in [-0.2, -0.15) is 0 Å². The Bertz CT molecular complexity index is 1060. The Hall–Kier alpha value is -2.08. The number of aliphatic hydroxyl groups excluding tert-OH is 1. The molecule has 0 radical (unpaired) electrons. The maximum Gasteiger partial charge on any atom is 0.410 e. The number of β-amino-alcohol motifs (C(OH)–C–C–N with tert-alkyl or cyclic N) is 1. The van der Waals surface area contributed by atoms with Crippen molar-refractivity contribution in [2.75, 3.05) is 13.1 Å². The van der Waals surface area contributed by atoms with Crippen molar-refractivity contribution in [3.05, 3.63) is 46.0 Å². The molecular weight excluding hydrogens is 442 g/mol. The van der Waals surface area contributed by atoms with E-state index in [0.717, 1.165) is 31.2 Å². The lowest BCUT2D eigenvalue weighted by Crippen LogP contribution is -2.52. The van der Waals surface area contributed by atoms with Crippen LogP contribution in [0.5, 0.6) is 0 Å². The summed E-state index contributed by atoms with van der Waals surface area (Å²) >= 11 is 0. The number of fused-ring (bicyclic) bond motifs is 5. The van der Waals surface area contributed by atoms with Crippen LogP contribution in [0.4, 0.5) is 4.79 Å². The zero-order valence-electron chi connectivity index (χ0n) is 21.1. The summed E-state index contributed by atoms with van der Waals surface area (Å²) in [5, 5.41) is 9.76. The molecule has 6 heteroatoms. The zero-order valence-corrected chi connectivity index (χ0v) is 21.1.